The number of hydrogen-bond acceptors (Lipinski definition) is 4. The van der Waals surface area contributed by atoms with Gasteiger partial charge in [0.1, 0.15) is 17.6 Å². The van der Waals surface area contributed by atoms with Crippen molar-refractivity contribution in [1.82, 2.24) is 15.1 Å². The summed E-state index contributed by atoms with van der Waals surface area (Å²) in [6, 6.07) is 3.88. The number of hydrogen-bond donors (Lipinski definition) is 1. The van der Waals surface area contributed by atoms with Gasteiger partial charge in [-0.3, -0.25) is 9.69 Å². The van der Waals surface area contributed by atoms with Crippen molar-refractivity contribution in [1.29, 1.82) is 0 Å². The van der Waals surface area contributed by atoms with Crippen molar-refractivity contribution in [3.8, 4) is 0 Å². The molecule has 1 aliphatic rings. The summed E-state index contributed by atoms with van der Waals surface area (Å²) < 4.78 is 5.52. The lowest BCUT2D eigenvalue weighted by Crippen LogP contribution is -2.56. The van der Waals surface area contributed by atoms with Crippen LogP contribution < -0.4 is 5.32 Å². The predicted molar refractivity (Wildman–Crippen MR) is 74.1 cm³/mol. The molecular formula is C14H23N3O2. The van der Waals surface area contributed by atoms with Crippen LogP contribution in [0.15, 0.2) is 16.5 Å². The van der Waals surface area contributed by atoms with Gasteiger partial charge in [0.25, 0.3) is 0 Å². The molecule has 0 aliphatic carbocycles. The molecule has 1 amide bonds. The van der Waals surface area contributed by atoms with Crippen molar-refractivity contribution < 1.29 is 9.21 Å². The molecule has 1 saturated heterocycles. The molecule has 0 saturated carbocycles. The molecule has 1 N–H and O–H groups in total. The highest BCUT2D eigenvalue weighted by atomic mass is 16.3. The van der Waals surface area contributed by atoms with Crippen molar-refractivity contribution in [2.24, 2.45) is 0 Å². The highest BCUT2D eigenvalue weighted by Crippen LogP contribution is 2.09. The number of aryl methyl sites for hydroxylation is 1. The lowest BCUT2D eigenvalue weighted by Gasteiger charge is -2.34. The molecule has 0 bridgehead atoms. The number of carbonyl (C=O) groups excluding carboxylic acids is 1. The van der Waals surface area contributed by atoms with E-state index >= 15 is 0 Å². The first-order chi connectivity index (χ1) is 9.08. The fraction of sp³-hybridized carbons (Fsp3) is 0.643. The molecule has 2 heterocycles. The van der Waals surface area contributed by atoms with E-state index in [2.05, 4.69) is 10.2 Å². The molecule has 1 fully saturated rings. The van der Waals surface area contributed by atoms with Crippen LogP contribution in [-0.2, 0) is 11.2 Å². The van der Waals surface area contributed by atoms with Gasteiger partial charge < -0.3 is 14.6 Å². The van der Waals surface area contributed by atoms with Gasteiger partial charge in [-0.05, 0) is 26.1 Å². The Kier molecular flexibility index (Phi) is 4.61. The number of amides is 1. The number of piperazine rings is 1. The van der Waals surface area contributed by atoms with Gasteiger partial charge in [-0.1, -0.05) is 0 Å². The average Bonchev–Trinajstić information content (AvgIpc) is 2.81. The summed E-state index contributed by atoms with van der Waals surface area (Å²) >= 11 is 0. The van der Waals surface area contributed by atoms with Crippen LogP contribution in [0.2, 0.25) is 0 Å². The number of nitrogens with zero attached hydrogens (tertiary/aromatic N) is 2. The van der Waals surface area contributed by atoms with Crippen LogP contribution in [0.5, 0.6) is 0 Å². The van der Waals surface area contributed by atoms with Crippen molar-refractivity contribution in [2.75, 3.05) is 40.3 Å². The molecule has 5 heteroatoms. The second-order valence-corrected chi connectivity index (χ2v) is 5.22. The third-order valence-corrected chi connectivity index (χ3v) is 3.66. The normalized spacial score (nSPS) is 20.5. The Bertz CT molecular complexity index is 430. The highest BCUT2D eigenvalue weighted by molar-refractivity contribution is 5.82. The van der Waals surface area contributed by atoms with Crippen LogP contribution in [0.25, 0.3) is 0 Å². The quantitative estimate of drug-likeness (QED) is 0.861. The first kappa shape index (κ1) is 14.1. The average molecular weight is 265 g/mol. The van der Waals surface area contributed by atoms with Gasteiger partial charge in [0.05, 0.1) is 0 Å². The maximum absolute atomic E-state index is 12.3. The first-order valence-corrected chi connectivity index (χ1v) is 6.79. The lowest BCUT2D eigenvalue weighted by atomic mass is 10.1. The number of furan rings is 1. The lowest BCUT2D eigenvalue weighted by molar-refractivity contribution is -0.135. The van der Waals surface area contributed by atoms with Gasteiger partial charge in [-0.2, -0.15) is 0 Å². The summed E-state index contributed by atoms with van der Waals surface area (Å²) in [5.74, 6) is 2.03. The highest BCUT2D eigenvalue weighted by Gasteiger charge is 2.27. The summed E-state index contributed by atoms with van der Waals surface area (Å²) in [6.07, 6.45) is 0.764. The smallest absolute Gasteiger partial charge is 0.240 e. The minimum atomic E-state index is -0.0444. The topological polar surface area (TPSA) is 48.7 Å². The molecule has 5 nitrogen and oxygen atoms in total. The number of rotatable bonds is 4. The molecule has 1 unspecified atom stereocenters. The predicted octanol–water partition coefficient (Wildman–Crippen LogP) is 0.493. The van der Waals surface area contributed by atoms with E-state index in [1.165, 1.54) is 0 Å². The van der Waals surface area contributed by atoms with E-state index in [1.807, 2.05) is 33.2 Å². The Morgan fingerprint density at radius 3 is 3.00 bits per heavy atom. The Morgan fingerprint density at radius 1 is 1.58 bits per heavy atom. The van der Waals surface area contributed by atoms with Gasteiger partial charge in [0.15, 0.2) is 0 Å². The molecule has 19 heavy (non-hydrogen) atoms. The summed E-state index contributed by atoms with van der Waals surface area (Å²) in [5.41, 5.74) is 0. The molecule has 1 aromatic rings. The van der Waals surface area contributed by atoms with Crippen LogP contribution in [0.3, 0.4) is 0 Å². The molecule has 1 atom stereocenters. The summed E-state index contributed by atoms with van der Waals surface area (Å²) in [4.78, 5) is 16.3. The van der Waals surface area contributed by atoms with Crippen LogP contribution in [-0.4, -0.2) is 62.0 Å². The van der Waals surface area contributed by atoms with E-state index in [4.69, 9.17) is 4.42 Å². The van der Waals surface area contributed by atoms with E-state index in [0.29, 0.717) is 6.54 Å². The van der Waals surface area contributed by atoms with E-state index in [9.17, 15) is 4.79 Å². The second-order valence-electron chi connectivity index (χ2n) is 5.22. The SMILES string of the molecule is Cc1ccc(CCN(C)C(=O)C2CNCCN2C)o1. The second kappa shape index (κ2) is 6.21. The number of carbonyl (C=O) groups is 1. The Balaban J connectivity index is 1.84. The Morgan fingerprint density at radius 2 is 2.37 bits per heavy atom. The summed E-state index contributed by atoms with van der Waals surface area (Å²) in [7, 11) is 3.87. The minimum absolute atomic E-state index is 0.0444. The zero-order chi connectivity index (χ0) is 13.8. The van der Waals surface area contributed by atoms with E-state index in [-0.39, 0.29) is 11.9 Å². The Hall–Kier alpha value is -1.33. The summed E-state index contributed by atoms with van der Waals surface area (Å²) in [6.45, 7) is 5.23. The van der Waals surface area contributed by atoms with Crippen molar-refractivity contribution in [3.05, 3.63) is 23.7 Å². The van der Waals surface area contributed by atoms with E-state index in [0.717, 1.165) is 37.6 Å². The molecule has 0 spiro atoms. The molecule has 1 aromatic heterocycles. The molecule has 0 radical (unpaired) electrons. The van der Waals surface area contributed by atoms with Crippen LogP contribution >= 0.6 is 0 Å². The zero-order valence-corrected chi connectivity index (χ0v) is 12.0. The zero-order valence-electron chi connectivity index (χ0n) is 12.0. The maximum Gasteiger partial charge on any atom is 0.240 e. The van der Waals surface area contributed by atoms with Crippen molar-refractivity contribution in [2.45, 2.75) is 19.4 Å². The van der Waals surface area contributed by atoms with Crippen molar-refractivity contribution in [3.63, 3.8) is 0 Å². The number of nitrogens with one attached hydrogen (secondary N) is 1. The van der Waals surface area contributed by atoms with Crippen molar-refractivity contribution >= 4 is 5.91 Å². The van der Waals surface area contributed by atoms with Gasteiger partial charge >= 0.3 is 0 Å². The molecule has 2 rings (SSSR count). The van der Waals surface area contributed by atoms with Crippen LogP contribution in [0.4, 0.5) is 0 Å². The maximum atomic E-state index is 12.3. The molecule has 0 aromatic carbocycles. The first-order valence-electron chi connectivity index (χ1n) is 6.79. The largest absolute Gasteiger partial charge is 0.466 e. The molecule has 1 aliphatic heterocycles. The molecular weight excluding hydrogens is 242 g/mol. The van der Waals surface area contributed by atoms with Gasteiger partial charge in [0, 0.05) is 39.6 Å². The van der Waals surface area contributed by atoms with E-state index in [1.54, 1.807) is 4.90 Å². The number of likely N-dealkylation sites (N-methyl/N-ethyl adjacent to an activating group) is 2. The summed E-state index contributed by atoms with van der Waals surface area (Å²) in [5, 5.41) is 3.27. The Labute approximate surface area is 114 Å². The monoisotopic (exact) mass is 265 g/mol. The third kappa shape index (κ3) is 3.58. The minimum Gasteiger partial charge on any atom is -0.466 e. The molecule has 106 valence electrons. The van der Waals surface area contributed by atoms with Gasteiger partial charge in [0.2, 0.25) is 5.91 Å². The van der Waals surface area contributed by atoms with Crippen LogP contribution in [0.1, 0.15) is 11.5 Å². The van der Waals surface area contributed by atoms with Gasteiger partial charge in [-0.15, -0.1) is 0 Å². The van der Waals surface area contributed by atoms with Gasteiger partial charge in [-0.25, -0.2) is 0 Å². The third-order valence-electron chi connectivity index (χ3n) is 3.66. The van der Waals surface area contributed by atoms with E-state index < -0.39 is 0 Å². The fourth-order valence-electron chi connectivity index (χ4n) is 2.34. The van der Waals surface area contributed by atoms with Crippen LogP contribution in [0, 0.1) is 6.92 Å². The fourth-order valence-corrected chi connectivity index (χ4v) is 2.34. The standard InChI is InChI=1S/C14H23N3O2/c1-11-4-5-12(19-11)6-8-17(3)14(18)13-10-15-7-9-16(13)2/h4-5,13,15H,6-10H2,1-3H3.